The molecule has 8 heteroatoms. The van der Waals surface area contributed by atoms with E-state index in [2.05, 4.69) is 22.0 Å². The normalized spacial score (nSPS) is 20.2. The number of pyridine rings is 1. The van der Waals surface area contributed by atoms with Gasteiger partial charge in [0, 0.05) is 77.6 Å². The lowest BCUT2D eigenvalue weighted by Gasteiger charge is -2.31. The fourth-order valence-electron chi connectivity index (χ4n) is 4.58. The van der Waals surface area contributed by atoms with Crippen molar-refractivity contribution in [2.24, 2.45) is 0 Å². The van der Waals surface area contributed by atoms with Gasteiger partial charge in [0.2, 0.25) is 5.91 Å². The molecule has 0 aliphatic carbocycles. The first kappa shape index (κ1) is 22.6. The highest BCUT2D eigenvalue weighted by molar-refractivity contribution is 5.79. The van der Waals surface area contributed by atoms with E-state index in [-0.39, 0.29) is 11.8 Å². The van der Waals surface area contributed by atoms with Crippen LogP contribution in [0.25, 0.3) is 0 Å². The summed E-state index contributed by atoms with van der Waals surface area (Å²) in [6.45, 7) is 4.89. The number of anilines is 1. The van der Waals surface area contributed by atoms with Crippen molar-refractivity contribution in [3.8, 4) is 0 Å². The molecule has 1 atom stereocenters. The third-order valence-corrected chi connectivity index (χ3v) is 6.49. The molecule has 0 radical (unpaired) electrons. The third-order valence-electron chi connectivity index (χ3n) is 6.49. The Balaban J connectivity index is 1.45. The summed E-state index contributed by atoms with van der Waals surface area (Å²) in [5.41, 5.74) is 2.24. The van der Waals surface area contributed by atoms with Crippen molar-refractivity contribution in [2.75, 3.05) is 58.9 Å². The fraction of sp³-hybridized carbons (Fsp3) is 0.583. The molecular formula is C24H34N6O2. The van der Waals surface area contributed by atoms with E-state index in [1.165, 1.54) is 5.56 Å². The number of amides is 1. The zero-order valence-electron chi connectivity index (χ0n) is 19.4. The van der Waals surface area contributed by atoms with Crippen molar-refractivity contribution in [3.63, 3.8) is 0 Å². The Kier molecular flexibility index (Phi) is 7.32. The Labute approximate surface area is 190 Å². The highest BCUT2D eigenvalue weighted by atomic mass is 16.5. The van der Waals surface area contributed by atoms with E-state index < -0.39 is 0 Å². The lowest BCUT2D eigenvalue weighted by Crippen LogP contribution is -2.33. The van der Waals surface area contributed by atoms with Crippen LogP contribution in [0, 0.1) is 0 Å². The van der Waals surface area contributed by atoms with Crippen LogP contribution in [0.1, 0.15) is 48.2 Å². The SMILES string of the molecule is COCCN1C[C@H](c2cc(N(C)C)nc(C3CCN(Cc4cccnc4)CC3)n2)CC1=O. The predicted molar refractivity (Wildman–Crippen MR) is 124 cm³/mol. The van der Waals surface area contributed by atoms with E-state index in [1.807, 2.05) is 42.4 Å². The van der Waals surface area contributed by atoms with Crippen molar-refractivity contribution >= 4 is 11.7 Å². The number of methoxy groups -OCH3 is 1. The first-order valence-electron chi connectivity index (χ1n) is 11.5. The predicted octanol–water partition coefficient (Wildman–Crippen LogP) is 2.28. The van der Waals surface area contributed by atoms with Crippen LogP contribution in [-0.2, 0) is 16.1 Å². The summed E-state index contributed by atoms with van der Waals surface area (Å²) in [7, 11) is 5.69. The second-order valence-corrected chi connectivity index (χ2v) is 9.05. The van der Waals surface area contributed by atoms with Crippen molar-refractivity contribution in [1.29, 1.82) is 0 Å². The van der Waals surface area contributed by atoms with Crippen LogP contribution in [0.3, 0.4) is 0 Å². The largest absolute Gasteiger partial charge is 0.383 e. The maximum Gasteiger partial charge on any atom is 0.223 e. The second kappa shape index (κ2) is 10.4. The number of nitrogens with zero attached hydrogens (tertiary/aromatic N) is 6. The van der Waals surface area contributed by atoms with Gasteiger partial charge in [0.25, 0.3) is 0 Å². The minimum Gasteiger partial charge on any atom is -0.383 e. The summed E-state index contributed by atoms with van der Waals surface area (Å²) in [5, 5.41) is 0. The third kappa shape index (κ3) is 5.42. The average Bonchev–Trinajstić information content (AvgIpc) is 3.19. The lowest BCUT2D eigenvalue weighted by molar-refractivity contribution is -0.128. The number of aromatic nitrogens is 3. The van der Waals surface area contributed by atoms with E-state index in [9.17, 15) is 4.79 Å². The molecule has 4 heterocycles. The molecule has 172 valence electrons. The fourth-order valence-corrected chi connectivity index (χ4v) is 4.58. The lowest BCUT2D eigenvalue weighted by atomic mass is 9.95. The first-order valence-corrected chi connectivity index (χ1v) is 11.5. The minimum atomic E-state index is 0.116. The number of carbonyl (C=O) groups is 1. The molecule has 0 N–H and O–H groups in total. The van der Waals surface area contributed by atoms with Crippen LogP contribution < -0.4 is 4.90 Å². The maximum atomic E-state index is 12.5. The second-order valence-electron chi connectivity index (χ2n) is 9.05. The van der Waals surface area contributed by atoms with Crippen molar-refractivity contribution < 1.29 is 9.53 Å². The molecule has 0 aromatic carbocycles. The van der Waals surface area contributed by atoms with Gasteiger partial charge in [-0.15, -0.1) is 0 Å². The summed E-state index contributed by atoms with van der Waals surface area (Å²) in [4.78, 5) is 33.0. The van der Waals surface area contributed by atoms with Crippen molar-refractivity contribution in [2.45, 2.75) is 37.6 Å². The summed E-state index contributed by atoms with van der Waals surface area (Å²) in [6.07, 6.45) is 6.36. The van der Waals surface area contributed by atoms with Crippen molar-refractivity contribution in [1.82, 2.24) is 24.8 Å². The van der Waals surface area contributed by atoms with Gasteiger partial charge >= 0.3 is 0 Å². The quantitative estimate of drug-likeness (QED) is 0.626. The zero-order chi connectivity index (χ0) is 22.5. The number of ether oxygens (including phenoxy) is 1. The molecule has 0 spiro atoms. The van der Waals surface area contributed by atoms with Crippen LogP contribution in [-0.4, -0.2) is 84.6 Å². The Morgan fingerprint density at radius 2 is 2.00 bits per heavy atom. The molecule has 0 unspecified atom stereocenters. The zero-order valence-corrected chi connectivity index (χ0v) is 19.4. The molecule has 2 aliphatic rings. The van der Waals surface area contributed by atoms with E-state index in [1.54, 1.807) is 7.11 Å². The van der Waals surface area contributed by atoms with Crippen LogP contribution in [0.15, 0.2) is 30.6 Å². The number of rotatable bonds is 8. The molecule has 2 fully saturated rings. The molecule has 2 aliphatic heterocycles. The summed E-state index contributed by atoms with van der Waals surface area (Å²) in [6, 6.07) is 6.18. The highest BCUT2D eigenvalue weighted by Crippen LogP contribution is 2.32. The number of piperidine rings is 1. The van der Waals surface area contributed by atoms with E-state index in [0.29, 0.717) is 32.0 Å². The van der Waals surface area contributed by atoms with Gasteiger partial charge in [0.15, 0.2) is 0 Å². The smallest absolute Gasteiger partial charge is 0.223 e. The molecule has 2 saturated heterocycles. The molecule has 32 heavy (non-hydrogen) atoms. The van der Waals surface area contributed by atoms with E-state index in [4.69, 9.17) is 14.7 Å². The molecule has 2 aromatic rings. The van der Waals surface area contributed by atoms with Crippen LogP contribution in [0.4, 0.5) is 5.82 Å². The first-order chi connectivity index (χ1) is 15.5. The summed E-state index contributed by atoms with van der Waals surface area (Å²) >= 11 is 0. The molecule has 8 nitrogen and oxygen atoms in total. The number of likely N-dealkylation sites (tertiary alicyclic amines) is 2. The Morgan fingerprint density at radius 3 is 2.69 bits per heavy atom. The maximum absolute atomic E-state index is 12.5. The Morgan fingerprint density at radius 1 is 1.19 bits per heavy atom. The van der Waals surface area contributed by atoms with Crippen LogP contribution >= 0.6 is 0 Å². The van der Waals surface area contributed by atoms with Crippen molar-refractivity contribution in [3.05, 3.63) is 47.7 Å². The summed E-state index contributed by atoms with van der Waals surface area (Å²) < 4.78 is 5.15. The molecule has 0 saturated carbocycles. The van der Waals surface area contributed by atoms with Gasteiger partial charge in [-0.25, -0.2) is 9.97 Å². The van der Waals surface area contributed by atoms with Crippen LogP contribution in [0.2, 0.25) is 0 Å². The van der Waals surface area contributed by atoms with Gasteiger partial charge in [-0.1, -0.05) is 6.07 Å². The Bertz CT molecular complexity index is 899. The molecular weight excluding hydrogens is 404 g/mol. The molecule has 0 bridgehead atoms. The van der Waals surface area contributed by atoms with E-state index in [0.717, 1.165) is 49.8 Å². The summed E-state index contributed by atoms with van der Waals surface area (Å²) in [5.74, 6) is 2.49. The number of hydrogen-bond donors (Lipinski definition) is 0. The molecule has 2 aromatic heterocycles. The monoisotopic (exact) mass is 438 g/mol. The van der Waals surface area contributed by atoms with Gasteiger partial charge in [-0.05, 0) is 37.6 Å². The topological polar surface area (TPSA) is 74.7 Å². The highest BCUT2D eigenvalue weighted by Gasteiger charge is 2.33. The number of carbonyl (C=O) groups excluding carboxylic acids is 1. The van der Waals surface area contributed by atoms with Gasteiger partial charge in [0.05, 0.1) is 12.3 Å². The molecule has 4 rings (SSSR count). The minimum absolute atomic E-state index is 0.116. The van der Waals surface area contributed by atoms with Gasteiger partial charge in [0.1, 0.15) is 11.6 Å². The molecule has 1 amide bonds. The standard InChI is InChI=1S/C24H34N6O2/c1-28(2)22-14-21(20-13-23(31)30(17-20)11-12-32-3)26-24(27-22)19-6-9-29(10-7-19)16-18-5-4-8-25-15-18/h4-5,8,14-15,19-20H,6-7,9-13,16-17H2,1-3H3/t20-/m1/s1. The van der Waals surface area contributed by atoms with E-state index >= 15 is 0 Å². The van der Waals surface area contributed by atoms with Gasteiger partial charge < -0.3 is 14.5 Å². The van der Waals surface area contributed by atoms with Gasteiger partial charge in [-0.2, -0.15) is 0 Å². The number of hydrogen-bond acceptors (Lipinski definition) is 7. The van der Waals surface area contributed by atoms with Crippen LogP contribution in [0.5, 0.6) is 0 Å². The Hall–Kier alpha value is -2.58. The average molecular weight is 439 g/mol. The van der Waals surface area contributed by atoms with Gasteiger partial charge in [-0.3, -0.25) is 14.7 Å².